The number of nitrogens with two attached hydrogens (primary N) is 2. The summed E-state index contributed by atoms with van der Waals surface area (Å²) in [7, 11) is 4.65. The fourth-order valence-corrected chi connectivity index (χ4v) is 2.66. The van der Waals surface area contributed by atoms with Gasteiger partial charge in [-0.3, -0.25) is 0 Å². The van der Waals surface area contributed by atoms with Crippen LogP contribution in [-0.4, -0.2) is 26.3 Å². The lowest BCUT2D eigenvalue weighted by atomic mass is 10.0. The van der Waals surface area contributed by atoms with E-state index in [1.165, 1.54) is 13.5 Å². The van der Waals surface area contributed by atoms with Gasteiger partial charge in [-0.1, -0.05) is 0 Å². The molecule has 26 heavy (non-hydrogen) atoms. The number of anilines is 2. The van der Waals surface area contributed by atoms with Gasteiger partial charge >= 0.3 is 0 Å². The summed E-state index contributed by atoms with van der Waals surface area (Å²) in [5.74, 6) is 2.16. The third kappa shape index (κ3) is 3.34. The van der Waals surface area contributed by atoms with Crippen molar-refractivity contribution in [2.24, 2.45) is 0 Å². The van der Waals surface area contributed by atoms with Gasteiger partial charge in [0, 0.05) is 11.1 Å². The highest BCUT2D eigenvalue weighted by atomic mass is 35.5. The molecule has 4 N–H and O–H groups in total. The van der Waals surface area contributed by atoms with E-state index in [1.807, 2.05) is 6.07 Å². The van der Waals surface area contributed by atoms with Gasteiger partial charge in [-0.05, 0) is 30.3 Å². The second-order valence-electron chi connectivity index (χ2n) is 5.29. The first-order valence-corrected chi connectivity index (χ1v) is 7.48. The van der Waals surface area contributed by atoms with E-state index in [1.54, 1.807) is 38.5 Å². The third-order valence-corrected chi connectivity index (χ3v) is 3.84. The molecule has 0 fully saturated rings. The lowest BCUT2D eigenvalue weighted by Crippen LogP contribution is -1.97. The molecule has 0 radical (unpaired) electrons. The van der Waals surface area contributed by atoms with Crippen LogP contribution >= 0.6 is 12.4 Å². The summed E-state index contributed by atoms with van der Waals surface area (Å²) in [4.78, 5) is 4.32. The van der Waals surface area contributed by atoms with Crippen molar-refractivity contribution in [3.05, 3.63) is 36.7 Å². The Labute approximate surface area is 157 Å². The zero-order chi connectivity index (χ0) is 18.0. The largest absolute Gasteiger partial charge is 0.495 e. The quantitative estimate of drug-likeness (QED) is 0.654. The molecular weight excluding hydrogens is 358 g/mol. The van der Waals surface area contributed by atoms with E-state index >= 15 is 0 Å². The molecule has 1 heterocycles. The molecule has 3 aromatic rings. The van der Waals surface area contributed by atoms with E-state index in [9.17, 15) is 0 Å². The Bertz CT molecular complexity index is 911. The molecule has 0 saturated heterocycles. The number of hydrogen-bond donors (Lipinski definition) is 2. The van der Waals surface area contributed by atoms with Gasteiger partial charge in [0.25, 0.3) is 0 Å². The number of oxazole rings is 1. The van der Waals surface area contributed by atoms with E-state index in [0.717, 1.165) is 11.1 Å². The zero-order valence-corrected chi connectivity index (χ0v) is 15.4. The van der Waals surface area contributed by atoms with Crippen LogP contribution in [-0.2, 0) is 0 Å². The van der Waals surface area contributed by atoms with Crippen molar-refractivity contribution in [2.75, 3.05) is 32.8 Å². The molecular formula is C18H20ClN3O4. The second kappa shape index (κ2) is 7.88. The lowest BCUT2D eigenvalue weighted by molar-refractivity contribution is 0.356. The first-order chi connectivity index (χ1) is 12.1. The molecule has 0 atom stereocenters. The predicted octanol–water partition coefficient (Wildman–Crippen LogP) is 3.62. The summed E-state index contributed by atoms with van der Waals surface area (Å²) in [5.41, 5.74) is 15.2. The Morgan fingerprint density at radius 1 is 0.846 bits per heavy atom. The van der Waals surface area contributed by atoms with Crippen LogP contribution in [0.2, 0.25) is 0 Å². The van der Waals surface area contributed by atoms with E-state index in [2.05, 4.69) is 4.98 Å². The van der Waals surface area contributed by atoms with Crippen molar-refractivity contribution in [2.45, 2.75) is 0 Å². The highest BCUT2D eigenvalue weighted by Crippen LogP contribution is 2.41. The summed E-state index contributed by atoms with van der Waals surface area (Å²) in [5, 5.41) is 0. The molecule has 0 aliphatic heterocycles. The number of aromatic nitrogens is 1. The molecule has 0 aliphatic carbocycles. The molecule has 2 aromatic carbocycles. The number of methoxy groups -OCH3 is 3. The van der Waals surface area contributed by atoms with Crippen molar-refractivity contribution >= 4 is 23.8 Å². The van der Waals surface area contributed by atoms with Crippen LogP contribution in [0.25, 0.3) is 22.6 Å². The minimum Gasteiger partial charge on any atom is -0.495 e. The van der Waals surface area contributed by atoms with Gasteiger partial charge in [-0.2, -0.15) is 0 Å². The lowest BCUT2D eigenvalue weighted by Gasteiger charge is -2.12. The van der Waals surface area contributed by atoms with Crippen LogP contribution in [0.3, 0.4) is 0 Å². The third-order valence-electron chi connectivity index (χ3n) is 3.84. The van der Waals surface area contributed by atoms with Gasteiger partial charge < -0.3 is 30.1 Å². The number of rotatable bonds is 5. The molecule has 0 saturated carbocycles. The molecule has 3 rings (SSSR count). The molecule has 8 heteroatoms. The molecule has 1 aromatic heterocycles. The normalized spacial score (nSPS) is 10.1. The second-order valence-corrected chi connectivity index (χ2v) is 5.29. The summed E-state index contributed by atoms with van der Waals surface area (Å²) >= 11 is 0. The van der Waals surface area contributed by atoms with E-state index in [0.29, 0.717) is 40.1 Å². The molecule has 138 valence electrons. The van der Waals surface area contributed by atoms with Crippen LogP contribution < -0.4 is 25.7 Å². The average Bonchev–Trinajstić information content (AvgIpc) is 3.10. The Morgan fingerprint density at radius 3 is 2.15 bits per heavy atom. The van der Waals surface area contributed by atoms with E-state index in [-0.39, 0.29) is 12.4 Å². The van der Waals surface area contributed by atoms with Crippen LogP contribution in [0.5, 0.6) is 17.2 Å². The standard InChI is InChI=1S/C18H19N3O4.ClH/c1-22-14-5-4-10(6-12(14)19)17-16(21-9-25-17)11-7-13(20)18(24-3)15(8-11)23-2;/h4-9H,19-20H2,1-3H3;1H. The Kier molecular flexibility index (Phi) is 5.84. The van der Waals surface area contributed by atoms with Crippen molar-refractivity contribution < 1.29 is 18.6 Å². The topological polar surface area (TPSA) is 106 Å². The van der Waals surface area contributed by atoms with Crippen molar-refractivity contribution in [1.29, 1.82) is 0 Å². The highest BCUT2D eigenvalue weighted by Gasteiger charge is 2.18. The summed E-state index contributed by atoms with van der Waals surface area (Å²) < 4.78 is 21.4. The summed E-state index contributed by atoms with van der Waals surface area (Å²) in [6.45, 7) is 0. The summed E-state index contributed by atoms with van der Waals surface area (Å²) in [6.07, 6.45) is 1.37. The molecule has 0 amide bonds. The van der Waals surface area contributed by atoms with Crippen molar-refractivity contribution in [3.8, 4) is 39.8 Å². The highest BCUT2D eigenvalue weighted by molar-refractivity contribution is 5.85. The van der Waals surface area contributed by atoms with Gasteiger partial charge in [0.15, 0.2) is 23.7 Å². The number of halogens is 1. The minimum absolute atomic E-state index is 0. The maximum absolute atomic E-state index is 6.07. The molecule has 7 nitrogen and oxygen atoms in total. The Balaban J connectivity index is 0.00000243. The van der Waals surface area contributed by atoms with E-state index in [4.69, 9.17) is 30.1 Å². The smallest absolute Gasteiger partial charge is 0.183 e. The number of hydrogen-bond acceptors (Lipinski definition) is 7. The van der Waals surface area contributed by atoms with Crippen LogP contribution in [0.15, 0.2) is 41.1 Å². The first-order valence-electron chi connectivity index (χ1n) is 7.48. The molecule has 0 spiro atoms. The number of nitrogen functional groups attached to an aromatic ring is 2. The van der Waals surface area contributed by atoms with E-state index < -0.39 is 0 Å². The fourth-order valence-electron chi connectivity index (χ4n) is 2.66. The number of nitrogens with zero attached hydrogens (tertiary/aromatic N) is 1. The maximum Gasteiger partial charge on any atom is 0.183 e. The van der Waals surface area contributed by atoms with Gasteiger partial charge in [0.1, 0.15) is 11.4 Å². The monoisotopic (exact) mass is 377 g/mol. The van der Waals surface area contributed by atoms with Gasteiger partial charge in [-0.15, -0.1) is 12.4 Å². The maximum atomic E-state index is 6.07. The van der Waals surface area contributed by atoms with Crippen molar-refractivity contribution in [3.63, 3.8) is 0 Å². The van der Waals surface area contributed by atoms with Crippen LogP contribution in [0.4, 0.5) is 11.4 Å². The van der Waals surface area contributed by atoms with Gasteiger partial charge in [0.05, 0.1) is 32.7 Å². The first kappa shape index (κ1) is 19.3. The zero-order valence-electron chi connectivity index (χ0n) is 14.6. The van der Waals surface area contributed by atoms with Crippen LogP contribution in [0.1, 0.15) is 0 Å². The summed E-state index contributed by atoms with van der Waals surface area (Å²) in [6, 6.07) is 8.95. The Hall–Kier alpha value is -3.06. The predicted molar refractivity (Wildman–Crippen MR) is 103 cm³/mol. The van der Waals surface area contributed by atoms with Gasteiger partial charge in [0.2, 0.25) is 0 Å². The van der Waals surface area contributed by atoms with Gasteiger partial charge in [-0.25, -0.2) is 4.98 Å². The van der Waals surface area contributed by atoms with Crippen molar-refractivity contribution in [1.82, 2.24) is 4.98 Å². The molecule has 0 bridgehead atoms. The minimum atomic E-state index is 0. The fraction of sp³-hybridized carbons (Fsp3) is 0.167. The molecule has 0 aliphatic rings. The van der Waals surface area contributed by atoms with Crippen LogP contribution in [0, 0.1) is 0 Å². The average molecular weight is 378 g/mol. The number of benzene rings is 2. The Morgan fingerprint density at radius 2 is 1.54 bits per heavy atom. The SMILES string of the molecule is COc1ccc(-c2ocnc2-c2cc(N)c(OC)c(OC)c2)cc1N.Cl. The molecule has 0 unspecified atom stereocenters. The number of ether oxygens (including phenoxy) is 3.